The van der Waals surface area contributed by atoms with E-state index < -0.39 is 0 Å². The van der Waals surface area contributed by atoms with Crippen LogP contribution in [0.2, 0.25) is 0 Å². The van der Waals surface area contributed by atoms with E-state index in [1.807, 2.05) is 18.3 Å². The van der Waals surface area contributed by atoms with Gasteiger partial charge in [0.05, 0.1) is 55.5 Å². The van der Waals surface area contributed by atoms with E-state index in [1.54, 1.807) is 0 Å². The minimum Gasteiger partial charge on any atom is -0.458 e. The second-order valence-electron chi connectivity index (χ2n) is 21.8. The van der Waals surface area contributed by atoms with Crippen molar-refractivity contribution in [2.45, 2.75) is 0 Å². The van der Waals surface area contributed by atoms with Crippen molar-refractivity contribution in [2.75, 3.05) is 0 Å². The molecular weight excluding hydrogens is 1040 g/mol. The van der Waals surface area contributed by atoms with E-state index in [-0.39, 0.29) is 0 Å². The Morgan fingerprint density at radius 1 is 0.294 bits per heavy atom. The van der Waals surface area contributed by atoms with Crippen LogP contribution in [0.25, 0.3) is 138 Å². The van der Waals surface area contributed by atoms with Gasteiger partial charge in [0.15, 0.2) is 0 Å². The summed E-state index contributed by atoms with van der Waals surface area (Å²) in [7, 11) is 0. The Morgan fingerprint density at radius 2 is 0.765 bits per heavy atom. The Bertz CT molecular complexity index is 5160. The number of pyridine rings is 1. The molecule has 7 nitrogen and oxygen atoms in total. The monoisotopic (exact) mass is 1090 g/mol. The standard InChI is InChI=1S/C78H50N6O/c1-3-20-52(21-4-1)55-42-56(53-22-5-2-6-23-53)44-59(43-55)81-51-80(75-36-17-18-37-76(75)81)58-24-19-25-62(48-58)85-63-39-40-69-68-30-11-16-35-74(68)84(77(69)49-63)78-41-38-54(50-79-78)57-45-60(82-70-31-12-7-26-64(70)65-27-8-13-32-71(65)82)47-61(46-57)83-72-33-14-9-28-66(72)67-29-10-15-34-73(67)83/h1-50H. The number of fused-ring (bicyclic) bond motifs is 10. The molecule has 0 aliphatic rings. The average molecular weight is 1090 g/mol. The first-order valence-electron chi connectivity index (χ1n) is 28.8. The van der Waals surface area contributed by atoms with Gasteiger partial charge in [0.2, 0.25) is 0 Å². The molecule has 17 aromatic rings. The molecule has 0 atom stereocenters. The first kappa shape index (κ1) is 48.2. The van der Waals surface area contributed by atoms with Gasteiger partial charge in [-0.05, 0) is 137 Å². The first-order valence-corrected chi connectivity index (χ1v) is 28.8. The quantitative estimate of drug-likeness (QED) is 0.101. The highest BCUT2D eigenvalue weighted by Gasteiger charge is 2.21. The zero-order chi connectivity index (χ0) is 56.0. The molecule has 0 fully saturated rings. The van der Waals surface area contributed by atoms with Crippen molar-refractivity contribution in [3.8, 4) is 73.4 Å². The molecule has 17 rings (SSSR count). The Kier molecular flexibility index (Phi) is 11.1. The van der Waals surface area contributed by atoms with Crippen LogP contribution in [-0.2, 0) is 0 Å². The van der Waals surface area contributed by atoms with Crippen molar-refractivity contribution in [3.63, 3.8) is 0 Å². The summed E-state index contributed by atoms with van der Waals surface area (Å²) in [6, 6.07) is 106. The van der Waals surface area contributed by atoms with Crippen molar-refractivity contribution in [1.82, 2.24) is 23.3 Å². The SMILES string of the molecule is [c-]1n(-c2cccc(Oc3ccc4c5ccccc5n(-c5ccc(-c6cc(-n7c8ccccc8c8ccccc87)cc(-n7c8ccccc8c8ccccc87)c6)cn5)c4c3)c2)c2ccccc2[n+]1-c1cc(-c2ccccc2)cc(-c2ccccc2)c1. The summed E-state index contributed by atoms with van der Waals surface area (Å²) in [6.07, 6.45) is 5.78. The van der Waals surface area contributed by atoms with Gasteiger partial charge in [0.25, 0.3) is 6.33 Å². The molecule has 0 saturated heterocycles. The predicted molar refractivity (Wildman–Crippen MR) is 347 cm³/mol. The lowest BCUT2D eigenvalue weighted by Gasteiger charge is -2.16. The summed E-state index contributed by atoms with van der Waals surface area (Å²) in [5.74, 6) is 2.23. The molecule has 0 spiro atoms. The third-order valence-corrected chi connectivity index (χ3v) is 16.8. The van der Waals surface area contributed by atoms with Gasteiger partial charge in [0, 0.05) is 61.5 Å². The smallest absolute Gasteiger partial charge is 0.269 e. The Balaban J connectivity index is 0.750. The summed E-state index contributed by atoms with van der Waals surface area (Å²) in [5, 5.41) is 7.14. The van der Waals surface area contributed by atoms with Crippen molar-refractivity contribution >= 4 is 76.5 Å². The minimum atomic E-state index is 0.709. The van der Waals surface area contributed by atoms with Crippen LogP contribution in [-0.4, -0.2) is 23.3 Å². The van der Waals surface area contributed by atoms with Crippen molar-refractivity contribution in [3.05, 3.63) is 310 Å². The first-order chi connectivity index (χ1) is 42.1. The maximum Gasteiger partial charge on any atom is 0.269 e. The van der Waals surface area contributed by atoms with Gasteiger partial charge in [-0.25, -0.2) is 4.98 Å². The number of nitrogens with zero attached hydrogens (tertiary/aromatic N) is 6. The molecular formula is C78H50N6O. The van der Waals surface area contributed by atoms with Crippen LogP contribution in [0.3, 0.4) is 0 Å². The fourth-order valence-corrected chi connectivity index (χ4v) is 13.0. The van der Waals surface area contributed by atoms with Crippen molar-refractivity contribution in [2.24, 2.45) is 0 Å². The van der Waals surface area contributed by atoms with E-state index >= 15 is 0 Å². The van der Waals surface area contributed by atoms with Gasteiger partial charge in [-0.2, -0.15) is 0 Å². The molecule has 0 bridgehead atoms. The lowest BCUT2D eigenvalue weighted by Crippen LogP contribution is -2.29. The Labute approximate surface area is 489 Å². The molecule has 0 saturated carbocycles. The zero-order valence-corrected chi connectivity index (χ0v) is 46.0. The van der Waals surface area contributed by atoms with E-state index in [2.05, 4.69) is 314 Å². The lowest BCUT2D eigenvalue weighted by molar-refractivity contribution is -0.572. The third-order valence-electron chi connectivity index (χ3n) is 16.8. The zero-order valence-electron chi connectivity index (χ0n) is 46.0. The van der Waals surface area contributed by atoms with E-state index in [0.29, 0.717) is 11.5 Å². The second kappa shape index (κ2) is 19.6. The van der Waals surface area contributed by atoms with Gasteiger partial charge in [-0.1, -0.05) is 182 Å². The fraction of sp³-hybridized carbons (Fsp3) is 0. The molecule has 0 aliphatic heterocycles. The summed E-state index contributed by atoms with van der Waals surface area (Å²) < 4.78 is 18.2. The summed E-state index contributed by atoms with van der Waals surface area (Å²) in [5.41, 5.74) is 19.5. The average Bonchev–Trinajstić information content (AvgIpc) is 3.55. The highest BCUT2D eigenvalue weighted by atomic mass is 16.5. The van der Waals surface area contributed by atoms with Crippen LogP contribution in [0.15, 0.2) is 303 Å². The van der Waals surface area contributed by atoms with Crippen molar-refractivity contribution in [1.29, 1.82) is 0 Å². The predicted octanol–water partition coefficient (Wildman–Crippen LogP) is 19.2. The van der Waals surface area contributed by atoms with Crippen LogP contribution in [0.5, 0.6) is 11.5 Å². The van der Waals surface area contributed by atoms with Crippen LogP contribution >= 0.6 is 0 Å². The lowest BCUT2D eigenvalue weighted by atomic mass is 9.98. The van der Waals surface area contributed by atoms with Gasteiger partial charge in [-0.3, -0.25) is 13.7 Å². The minimum absolute atomic E-state index is 0.709. The molecule has 0 unspecified atom stereocenters. The number of benzene rings is 12. The molecule has 0 aliphatic carbocycles. The van der Waals surface area contributed by atoms with E-state index in [1.165, 1.54) is 21.5 Å². The number of aromatic nitrogens is 6. The molecule has 7 heteroatoms. The maximum absolute atomic E-state index is 6.86. The van der Waals surface area contributed by atoms with Crippen molar-refractivity contribution < 1.29 is 9.30 Å². The molecule has 12 aromatic carbocycles. The summed E-state index contributed by atoms with van der Waals surface area (Å²) in [6.45, 7) is 0. The van der Waals surface area contributed by atoms with E-state index in [4.69, 9.17) is 9.72 Å². The highest BCUT2D eigenvalue weighted by Crippen LogP contribution is 2.40. The third kappa shape index (κ3) is 8.05. The Hall–Kier alpha value is -11.5. The molecule has 0 N–H and O–H groups in total. The van der Waals surface area contributed by atoms with Crippen LogP contribution in [0.1, 0.15) is 0 Å². The summed E-state index contributed by atoms with van der Waals surface area (Å²) in [4.78, 5) is 5.33. The molecule has 0 amide bonds. The van der Waals surface area contributed by atoms with Gasteiger partial charge >= 0.3 is 0 Å². The summed E-state index contributed by atoms with van der Waals surface area (Å²) >= 11 is 0. The van der Waals surface area contributed by atoms with E-state index in [9.17, 15) is 0 Å². The molecule has 398 valence electrons. The topological polar surface area (TPSA) is 45.7 Å². The fourth-order valence-electron chi connectivity index (χ4n) is 13.0. The van der Waals surface area contributed by atoms with Crippen LogP contribution < -0.4 is 9.30 Å². The number of hydrogen-bond acceptors (Lipinski definition) is 2. The molecule has 85 heavy (non-hydrogen) atoms. The maximum atomic E-state index is 6.86. The van der Waals surface area contributed by atoms with Gasteiger partial charge in [0.1, 0.15) is 17.3 Å². The number of para-hydroxylation sites is 7. The normalized spacial score (nSPS) is 11.8. The van der Waals surface area contributed by atoms with Crippen LogP contribution in [0, 0.1) is 6.33 Å². The molecule has 5 heterocycles. The number of ether oxygens (including phenoxy) is 1. The molecule has 0 radical (unpaired) electrons. The number of imidazole rings is 1. The number of rotatable bonds is 10. The largest absolute Gasteiger partial charge is 0.458 e. The van der Waals surface area contributed by atoms with Gasteiger partial charge < -0.3 is 13.9 Å². The number of hydrogen-bond donors (Lipinski definition) is 0. The van der Waals surface area contributed by atoms with Gasteiger partial charge in [-0.15, -0.1) is 0 Å². The Morgan fingerprint density at radius 3 is 1.31 bits per heavy atom. The molecule has 5 aromatic heterocycles. The van der Waals surface area contributed by atoms with Crippen LogP contribution in [0.4, 0.5) is 0 Å². The highest BCUT2D eigenvalue weighted by molar-refractivity contribution is 6.12. The van der Waals surface area contributed by atoms with E-state index in [0.717, 1.165) is 117 Å². The second-order valence-corrected chi connectivity index (χ2v) is 21.8.